The van der Waals surface area contributed by atoms with Gasteiger partial charge in [0.25, 0.3) is 0 Å². The summed E-state index contributed by atoms with van der Waals surface area (Å²) in [4.78, 5) is 9.61. The first kappa shape index (κ1) is 41.9. The molecule has 0 atom stereocenters. The van der Waals surface area contributed by atoms with Gasteiger partial charge in [-0.1, -0.05) is 168 Å². The van der Waals surface area contributed by atoms with Crippen LogP contribution in [0, 0.1) is 18.7 Å². The summed E-state index contributed by atoms with van der Waals surface area (Å²) in [7, 11) is 0. The van der Waals surface area contributed by atoms with Crippen molar-refractivity contribution in [2.45, 2.75) is 52.4 Å². The Morgan fingerprint density at radius 1 is 0.571 bits per heavy atom. The topological polar surface area (TPSA) is 33.5 Å². The van der Waals surface area contributed by atoms with Gasteiger partial charge in [-0.05, 0) is 63.2 Å². The van der Waals surface area contributed by atoms with E-state index in [-0.39, 0.29) is 31.9 Å². The molecule has 0 saturated heterocycles. The first-order valence-electron chi connectivity index (χ1n) is 21.4. The number of ether oxygens (including phenoxy) is 1. The fraction of sp³-hybridized carbons (Fsp3) is 0.158. The minimum absolute atomic E-state index is 0. The number of hydrogen-bond acceptors (Lipinski definition) is 4. The summed E-state index contributed by atoms with van der Waals surface area (Å²) in [5.41, 5.74) is 13.2. The van der Waals surface area contributed by atoms with Gasteiger partial charge < -0.3 is 19.1 Å². The third-order valence-electron chi connectivity index (χ3n) is 11.9. The largest absolute Gasteiger partial charge is 0.509 e. The fourth-order valence-electron chi connectivity index (χ4n) is 8.66. The molecule has 0 bridgehead atoms. The summed E-state index contributed by atoms with van der Waals surface area (Å²) >= 11 is 0. The molecule has 1 aliphatic heterocycles. The zero-order valence-electron chi connectivity index (χ0n) is 36.5. The Morgan fingerprint density at radius 3 is 1.89 bits per heavy atom. The minimum Gasteiger partial charge on any atom is -0.509 e. The number of aromatic nitrogens is 2. The molecule has 0 saturated carbocycles. The third kappa shape index (κ3) is 7.96. The van der Waals surface area contributed by atoms with Gasteiger partial charge in [0.2, 0.25) is 0 Å². The van der Waals surface area contributed by atoms with Gasteiger partial charge in [-0.3, -0.25) is 0 Å². The Morgan fingerprint density at radius 2 is 1.21 bits per heavy atom. The Bertz CT molecular complexity index is 3030. The minimum atomic E-state index is -0.157. The summed E-state index contributed by atoms with van der Waals surface area (Å²) in [6.45, 7) is 16.4. The molecule has 0 aliphatic carbocycles. The van der Waals surface area contributed by atoms with Gasteiger partial charge in [-0.25, -0.2) is 11.5 Å². The van der Waals surface area contributed by atoms with Crippen LogP contribution in [-0.4, -0.2) is 16.1 Å². The van der Waals surface area contributed by atoms with E-state index in [0.717, 1.165) is 55.9 Å². The van der Waals surface area contributed by atoms with Crippen molar-refractivity contribution in [3.63, 3.8) is 0 Å². The molecule has 10 rings (SSSR count). The SMILES string of the molecule is CC(C)(C)c1cc(Oc2[c-]c3c(cc2)c2ccccc2n3-c2cc(C(C)(C)C)ccn2)[c-]c(N2C[CH-]N(c3c(-c4ccccc4)cccc3-c3ccccc3)c3ccccc32)c1.[Pt]. The first-order chi connectivity index (χ1) is 30.0. The van der Waals surface area contributed by atoms with E-state index in [0.29, 0.717) is 18.0 Å². The van der Waals surface area contributed by atoms with E-state index in [9.17, 15) is 0 Å². The van der Waals surface area contributed by atoms with Crippen LogP contribution in [0.5, 0.6) is 11.5 Å². The maximum atomic E-state index is 6.83. The molecule has 63 heavy (non-hydrogen) atoms. The van der Waals surface area contributed by atoms with Gasteiger partial charge in [0, 0.05) is 66.8 Å². The molecule has 1 aliphatic rings. The Balaban J connectivity index is 0.00000504. The fourth-order valence-corrected chi connectivity index (χ4v) is 8.66. The van der Waals surface area contributed by atoms with E-state index >= 15 is 0 Å². The van der Waals surface area contributed by atoms with Crippen LogP contribution in [-0.2, 0) is 31.9 Å². The van der Waals surface area contributed by atoms with Crippen molar-refractivity contribution < 1.29 is 25.8 Å². The van der Waals surface area contributed by atoms with Crippen LogP contribution in [0.4, 0.5) is 22.7 Å². The zero-order valence-corrected chi connectivity index (χ0v) is 38.7. The van der Waals surface area contributed by atoms with Crippen LogP contribution in [0.25, 0.3) is 49.9 Å². The summed E-state index contributed by atoms with van der Waals surface area (Å²) in [6, 6.07) is 65.4. The van der Waals surface area contributed by atoms with E-state index in [1.807, 2.05) is 12.3 Å². The van der Waals surface area contributed by atoms with Crippen LogP contribution in [0.1, 0.15) is 52.7 Å². The third-order valence-corrected chi connectivity index (χ3v) is 11.9. The summed E-state index contributed by atoms with van der Waals surface area (Å²) < 4.78 is 9.04. The average Bonchev–Trinajstić information content (AvgIpc) is 3.62. The molecule has 0 N–H and O–H groups in total. The number of nitrogens with zero attached hydrogens (tertiary/aromatic N) is 4. The number of anilines is 4. The summed E-state index contributed by atoms with van der Waals surface area (Å²) in [6.07, 6.45) is 1.91. The van der Waals surface area contributed by atoms with Crippen molar-refractivity contribution in [3.8, 4) is 39.6 Å². The number of para-hydroxylation sites is 4. The molecular weight excluding hydrogens is 952 g/mol. The van der Waals surface area contributed by atoms with Crippen molar-refractivity contribution in [1.82, 2.24) is 9.55 Å². The molecule has 9 aromatic rings. The molecule has 6 heteroatoms. The van der Waals surface area contributed by atoms with E-state index in [2.05, 4.69) is 232 Å². The van der Waals surface area contributed by atoms with Crippen molar-refractivity contribution in [2.24, 2.45) is 0 Å². The van der Waals surface area contributed by atoms with E-state index in [4.69, 9.17) is 9.72 Å². The number of benzene rings is 7. The molecule has 0 unspecified atom stereocenters. The number of fused-ring (bicyclic) bond motifs is 4. The number of hydrogen-bond donors (Lipinski definition) is 0. The van der Waals surface area contributed by atoms with Crippen LogP contribution >= 0.6 is 0 Å². The molecule has 0 fully saturated rings. The standard InChI is InChI=1S/C57H49N4O.Pt/c1-56(2,3)41-30-31-58-54(36-41)61-50-25-14-13-22-48(50)49-29-28-44(38-53(49)61)62-45-35-42(57(4,5)6)34-43(37-45)59-32-33-60(52-27-16-15-26-51(52)59)55-46(39-18-9-7-10-19-39)23-17-24-47(55)40-20-11-8-12-21-40;/h7-31,33-36H,32H2,1-6H3;/q-3;. The molecule has 316 valence electrons. The first-order valence-corrected chi connectivity index (χ1v) is 21.4. The molecule has 0 radical (unpaired) electrons. The average molecular weight is 1000 g/mol. The molecule has 0 spiro atoms. The van der Waals surface area contributed by atoms with Gasteiger partial charge in [0.15, 0.2) is 0 Å². The quantitative estimate of drug-likeness (QED) is 0.149. The van der Waals surface area contributed by atoms with Crippen LogP contribution in [0.3, 0.4) is 0 Å². The Labute approximate surface area is 385 Å². The van der Waals surface area contributed by atoms with E-state index < -0.39 is 0 Å². The van der Waals surface area contributed by atoms with E-state index in [1.165, 1.54) is 27.8 Å². The predicted octanol–water partition coefficient (Wildman–Crippen LogP) is 14.9. The molecule has 7 aromatic carbocycles. The van der Waals surface area contributed by atoms with Crippen molar-refractivity contribution in [3.05, 3.63) is 200 Å². The Hall–Kier alpha value is -6.42. The van der Waals surface area contributed by atoms with Gasteiger partial charge in [0.1, 0.15) is 5.82 Å². The molecule has 5 nitrogen and oxygen atoms in total. The van der Waals surface area contributed by atoms with Crippen LogP contribution in [0.15, 0.2) is 170 Å². The normalized spacial score (nSPS) is 12.9. The van der Waals surface area contributed by atoms with Crippen molar-refractivity contribution in [1.29, 1.82) is 0 Å². The van der Waals surface area contributed by atoms with Crippen LogP contribution in [0.2, 0.25) is 0 Å². The smallest absolute Gasteiger partial charge is 0.135 e. The van der Waals surface area contributed by atoms with Crippen LogP contribution < -0.4 is 14.5 Å². The second-order valence-corrected chi connectivity index (χ2v) is 18.1. The summed E-state index contributed by atoms with van der Waals surface area (Å²) in [5.74, 6) is 2.11. The number of pyridine rings is 1. The van der Waals surface area contributed by atoms with E-state index in [1.54, 1.807) is 0 Å². The predicted molar refractivity (Wildman–Crippen MR) is 257 cm³/mol. The maximum absolute atomic E-state index is 6.83. The van der Waals surface area contributed by atoms with Crippen molar-refractivity contribution >= 4 is 44.6 Å². The maximum Gasteiger partial charge on any atom is 0.135 e. The van der Waals surface area contributed by atoms with Gasteiger partial charge in [-0.2, -0.15) is 6.07 Å². The second-order valence-electron chi connectivity index (χ2n) is 18.1. The van der Waals surface area contributed by atoms with Crippen molar-refractivity contribution in [2.75, 3.05) is 16.3 Å². The molecular formula is C57H49N4OPt-3. The van der Waals surface area contributed by atoms with Gasteiger partial charge in [-0.15, -0.1) is 41.3 Å². The molecule has 2 aromatic heterocycles. The Kier molecular flexibility index (Phi) is 11.1. The monoisotopic (exact) mass is 1000 g/mol. The summed E-state index contributed by atoms with van der Waals surface area (Å²) in [5, 5.41) is 2.24. The van der Waals surface area contributed by atoms with Gasteiger partial charge >= 0.3 is 0 Å². The number of rotatable bonds is 7. The molecule has 0 amide bonds. The molecule has 3 heterocycles. The van der Waals surface area contributed by atoms with Gasteiger partial charge in [0.05, 0.1) is 5.69 Å². The zero-order chi connectivity index (χ0) is 42.6. The second kappa shape index (κ2) is 16.7.